The number of nitrogens with one attached hydrogen (secondary N) is 1. The maximum atomic E-state index is 11.6. The van der Waals surface area contributed by atoms with Gasteiger partial charge in [0.25, 0.3) is 5.56 Å². The Kier molecular flexibility index (Phi) is 3.32. The summed E-state index contributed by atoms with van der Waals surface area (Å²) in [4.78, 5) is 25.0. The third-order valence-corrected chi connectivity index (χ3v) is 2.89. The lowest BCUT2D eigenvalue weighted by atomic mass is 10.1. The first-order valence-electron chi connectivity index (χ1n) is 5.64. The van der Waals surface area contributed by atoms with Crippen molar-refractivity contribution in [1.82, 2.24) is 9.55 Å². The molecule has 0 spiro atoms. The summed E-state index contributed by atoms with van der Waals surface area (Å²) in [7, 11) is 1.42. The molecule has 0 fully saturated rings. The van der Waals surface area contributed by atoms with E-state index in [4.69, 9.17) is 0 Å². The molecule has 1 heterocycles. The van der Waals surface area contributed by atoms with Gasteiger partial charge in [-0.2, -0.15) is 0 Å². The second-order valence-corrected chi connectivity index (χ2v) is 4.11. The van der Waals surface area contributed by atoms with Crippen molar-refractivity contribution in [1.29, 1.82) is 0 Å². The molecule has 2 rings (SSSR count). The molecule has 0 bridgehead atoms. The van der Waals surface area contributed by atoms with Crippen LogP contribution in [-0.2, 0) is 19.9 Å². The molecule has 0 aliphatic rings. The van der Waals surface area contributed by atoms with E-state index in [2.05, 4.69) is 4.98 Å². The molecule has 0 aliphatic heterocycles. The van der Waals surface area contributed by atoms with Crippen LogP contribution in [-0.4, -0.2) is 14.7 Å². The molecule has 5 nitrogen and oxygen atoms in total. The van der Waals surface area contributed by atoms with E-state index >= 15 is 0 Å². The number of aromatic amines is 1. The van der Waals surface area contributed by atoms with Gasteiger partial charge >= 0.3 is 5.69 Å². The summed E-state index contributed by atoms with van der Waals surface area (Å²) in [6.07, 6.45) is 1.02. The van der Waals surface area contributed by atoms with E-state index in [0.717, 1.165) is 10.1 Å². The highest BCUT2D eigenvalue weighted by Gasteiger charge is 2.11. The number of aromatic hydroxyl groups is 1. The lowest BCUT2D eigenvalue weighted by Gasteiger charge is -2.07. The average Bonchev–Trinajstić information content (AvgIpc) is 2.37. The number of H-pyrrole nitrogens is 1. The molecular weight excluding hydrogens is 232 g/mol. The maximum Gasteiger partial charge on any atom is 0.330 e. The molecule has 0 unspecified atom stereocenters. The molecule has 0 saturated heterocycles. The summed E-state index contributed by atoms with van der Waals surface area (Å²) in [5.41, 5.74) is 0.179. The molecule has 94 valence electrons. The first-order chi connectivity index (χ1) is 8.59. The Morgan fingerprint density at radius 2 is 1.83 bits per heavy atom. The lowest BCUT2D eigenvalue weighted by molar-refractivity contribution is 0.409. The zero-order valence-corrected chi connectivity index (χ0v) is 10.0. The van der Waals surface area contributed by atoms with Gasteiger partial charge in [-0.15, -0.1) is 0 Å². The van der Waals surface area contributed by atoms with Crippen LogP contribution in [0.25, 0.3) is 0 Å². The van der Waals surface area contributed by atoms with Crippen molar-refractivity contribution in [3.8, 4) is 5.88 Å². The second kappa shape index (κ2) is 4.91. The van der Waals surface area contributed by atoms with Crippen LogP contribution in [0.4, 0.5) is 0 Å². The molecule has 2 N–H and O–H groups in total. The number of rotatable bonds is 3. The number of hydrogen-bond acceptors (Lipinski definition) is 3. The summed E-state index contributed by atoms with van der Waals surface area (Å²) in [5, 5.41) is 9.78. The Morgan fingerprint density at radius 3 is 2.50 bits per heavy atom. The summed E-state index contributed by atoms with van der Waals surface area (Å²) in [5.74, 6) is -0.264. The molecule has 0 amide bonds. The third-order valence-electron chi connectivity index (χ3n) is 2.89. The van der Waals surface area contributed by atoms with Crippen molar-refractivity contribution in [3.05, 3.63) is 62.3 Å². The Hall–Kier alpha value is -2.30. The summed E-state index contributed by atoms with van der Waals surface area (Å²) in [6, 6.07) is 9.65. The highest BCUT2D eigenvalue weighted by atomic mass is 16.3. The standard InChI is InChI=1S/C13H14N2O3/c1-15-12(17)10(11(16)14-13(15)18)8-7-9-5-3-2-4-6-9/h2-6,17H,7-8H2,1H3,(H,14,16,18). The van der Waals surface area contributed by atoms with E-state index in [1.54, 1.807) is 0 Å². The molecule has 0 atom stereocenters. The van der Waals surface area contributed by atoms with E-state index in [1.165, 1.54) is 7.05 Å². The van der Waals surface area contributed by atoms with Gasteiger partial charge in [-0.25, -0.2) is 4.79 Å². The molecule has 1 aromatic carbocycles. The Bertz CT molecular complexity index is 656. The van der Waals surface area contributed by atoms with Gasteiger partial charge in [-0.3, -0.25) is 14.3 Å². The van der Waals surface area contributed by atoms with Crippen LogP contribution < -0.4 is 11.2 Å². The van der Waals surface area contributed by atoms with Crippen molar-refractivity contribution in [2.24, 2.45) is 7.05 Å². The van der Waals surface area contributed by atoms with Crippen LogP contribution in [0.2, 0.25) is 0 Å². The van der Waals surface area contributed by atoms with Gasteiger partial charge in [0.05, 0.1) is 5.56 Å². The average molecular weight is 246 g/mol. The van der Waals surface area contributed by atoms with Gasteiger partial charge in [0.2, 0.25) is 5.88 Å². The van der Waals surface area contributed by atoms with E-state index in [-0.39, 0.29) is 11.4 Å². The molecule has 1 aromatic heterocycles. The Balaban J connectivity index is 2.28. The summed E-state index contributed by atoms with van der Waals surface area (Å²) in [6.45, 7) is 0. The summed E-state index contributed by atoms with van der Waals surface area (Å²) < 4.78 is 1.03. The van der Waals surface area contributed by atoms with Crippen LogP contribution >= 0.6 is 0 Å². The lowest BCUT2D eigenvalue weighted by Crippen LogP contribution is -2.30. The van der Waals surface area contributed by atoms with Crippen LogP contribution in [0.15, 0.2) is 39.9 Å². The van der Waals surface area contributed by atoms with Gasteiger partial charge in [-0.05, 0) is 18.4 Å². The minimum Gasteiger partial charge on any atom is -0.494 e. The smallest absolute Gasteiger partial charge is 0.330 e. The summed E-state index contributed by atoms with van der Waals surface area (Å²) >= 11 is 0. The first-order valence-corrected chi connectivity index (χ1v) is 5.64. The topological polar surface area (TPSA) is 75.1 Å². The fourth-order valence-electron chi connectivity index (χ4n) is 1.80. The second-order valence-electron chi connectivity index (χ2n) is 4.11. The minimum atomic E-state index is -0.610. The van der Waals surface area contributed by atoms with Gasteiger partial charge in [0.1, 0.15) is 0 Å². The number of hydrogen-bond donors (Lipinski definition) is 2. The van der Waals surface area contributed by atoms with Gasteiger partial charge < -0.3 is 5.11 Å². The van der Waals surface area contributed by atoms with Crippen molar-refractivity contribution in [2.45, 2.75) is 12.8 Å². The van der Waals surface area contributed by atoms with Gasteiger partial charge in [0.15, 0.2) is 0 Å². The monoisotopic (exact) mass is 246 g/mol. The fraction of sp³-hybridized carbons (Fsp3) is 0.231. The number of aryl methyl sites for hydroxylation is 1. The van der Waals surface area contributed by atoms with Crippen molar-refractivity contribution in [3.63, 3.8) is 0 Å². The van der Waals surface area contributed by atoms with Gasteiger partial charge in [0, 0.05) is 7.05 Å². The predicted molar refractivity (Wildman–Crippen MR) is 67.8 cm³/mol. The quantitative estimate of drug-likeness (QED) is 0.831. The highest BCUT2D eigenvalue weighted by Crippen LogP contribution is 2.11. The van der Waals surface area contributed by atoms with Gasteiger partial charge in [-0.1, -0.05) is 30.3 Å². The van der Waals surface area contributed by atoms with Crippen molar-refractivity contribution < 1.29 is 5.11 Å². The predicted octanol–water partition coefficient (Wildman–Crippen LogP) is 0.564. The molecule has 0 saturated carbocycles. The molecule has 0 aliphatic carbocycles. The molecule has 2 aromatic rings. The molecule has 0 radical (unpaired) electrons. The van der Waals surface area contributed by atoms with Crippen LogP contribution in [0.1, 0.15) is 11.1 Å². The third kappa shape index (κ3) is 2.34. The van der Waals surface area contributed by atoms with Crippen LogP contribution in [0, 0.1) is 0 Å². The maximum absolute atomic E-state index is 11.6. The largest absolute Gasteiger partial charge is 0.494 e. The molecular formula is C13H14N2O3. The van der Waals surface area contributed by atoms with Crippen LogP contribution in [0.5, 0.6) is 5.88 Å². The van der Waals surface area contributed by atoms with E-state index < -0.39 is 11.2 Å². The van der Waals surface area contributed by atoms with E-state index in [9.17, 15) is 14.7 Å². The Labute approximate surface area is 103 Å². The number of benzene rings is 1. The van der Waals surface area contributed by atoms with E-state index in [0.29, 0.717) is 12.8 Å². The van der Waals surface area contributed by atoms with E-state index in [1.807, 2.05) is 30.3 Å². The zero-order chi connectivity index (χ0) is 13.1. The fourth-order valence-corrected chi connectivity index (χ4v) is 1.80. The number of nitrogens with zero attached hydrogens (tertiary/aromatic N) is 1. The molecule has 5 heteroatoms. The molecule has 18 heavy (non-hydrogen) atoms. The minimum absolute atomic E-state index is 0.237. The Morgan fingerprint density at radius 1 is 1.17 bits per heavy atom. The van der Waals surface area contributed by atoms with Crippen LogP contribution in [0.3, 0.4) is 0 Å². The first kappa shape index (κ1) is 12.2. The normalized spacial score (nSPS) is 10.5. The zero-order valence-electron chi connectivity index (χ0n) is 10.0. The van der Waals surface area contributed by atoms with Crippen molar-refractivity contribution in [2.75, 3.05) is 0 Å². The highest BCUT2D eigenvalue weighted by molar-refractivity contribution is 5.24. The number of aromatic nitrogens is 2. The van der Waals surface area contributed by atoms with Crippen molar-refractivity contribution >= 4 is 0 Å². The SMILES string of the molecule is Cn1c(O)c(CCc2ccccc2)c(=O)[nH]c1=O.